The molecule has 0 heterocycles. The first-order valence-electron chi connectivity index (χ1n) is 3.20. The zero-order valence-corrected chi connectivity index (χ0v) is 9.24. The van der Waals surface area contributed by atoms with Gasteiger partial charge in [0.05, 0.1) is 5.02 Å². The predicted molar refractivity (Wildman–Crippen MR) is 50.8 cm³/mol. The summed E-state index contributed by atoms with van der Waals surface area (Å²) < 4.78 is 51.7. The van der Waals surface area contributed by atoms with Crippen LogP contribution in [0.2, 0.25) is 5.02 Å². The zero-order valence-electron chi connectivity index (χ0n) is 6.33. The summed E-state index contributed by atoms with van der Waals surface area (Å²) >= 11 is 7.01. The van der Waals surface area contributed by atoms with E-state index in [1.165, 1.54) is 0 Å². The maximum absolute atomic E-state index is 12.8. The van der Waals surface area contributed by atoms with E-state index in [0.717, 1.165) is 6.07 Å². The van der Waals surface area contributed by atoms with Gasteiger partial charge in [-0.2, -0.15) is 0 Å². The molecule has 7 heteroatoms. The van der Waals surface area contributed by atoms with Gasteiger partial charge in [-0.15, -0.1) is 13.2 Å². The Balaban J connectivity index is 3.02. The van der Waals surface area contributed by atoms with E-state index in [0.29, 0.717) is 6.07 Å². The van der Waals surface area contributed by atoms with E-state index < -0.39 is 17.9 Å². The first-order valence-corrected chi connectivity index (χ1v) is 4.65. The van der Waals surface area contributed by atoms with Crippen LogP contribution in [0.5, 0.6) is 5.75 Å². The molecule has 0 unspecified atom stereocenters. The number of hydrogen-bond acceptors (Lipinski definition) is 1. The van der Waals surface area contributed by atoms with Crippen LogP contribution in [0.4, 0.5) is 17.6 Å². The Hall–Kier alpha value is -0.240. The average Bonchev–Trinajstić information content (AvgIpc) is 1.96. The summed E-state index contributed by atoms with van der Waals surface area (Å²) in [5, 5.41) is -0.222. The molecule has 78 valence electrons. The monoisotopic (exact) mass is 340 g/mol. The highest BCUT2D eigenvalue weighted by Gasteiger charge is 2.31. The van der Waals surface area contributed by atoms with Gasteiger partial charge in [-0.3, -0.25) is 0 Å². The third-order valence-electron chi connectivity index (χ3n) is 1.19. The number of benzene rings is 1. The Morgan fingerprint density at radius 3 is 2.29 bits per heavy atom. The van der Waals surface area contributed by atoms with Crippen molar-refractivity contribution in [3.8, 4) is 5.75 Å². The minimum Gasteiger partial charge on any atom is -0.406 e. The number of rotatable bonds is 1. The zero-order chi connectivity index (χ0) is 10.9. The van der Waals surface area contributed by atoms with Crippen molar-refractivity contribution in [2.45, 2.75) is 6.36 Å². The van der Waals surface area contributed by atoms with Gasteiger partial charge in [-0.25, -0.2) is 4.39 Å². The Kier molecular flexibility index (Phi) is 3.46. The average molecular weight is 340 g/mol. The Bertz CT molecular complexity index is 329. The lowest BCUT2D eigenvalue weighted by molar-refractivity contribution is -0.274. The molecule has 14 heavy (non-hydrogen) atoms. The van der Waals surface area contributed by atoms with Crippen molar-refractivity contribution in [3.05, 3.63) is 26.5 Å². The van der Waals surface area contributed by atoms with E-state index in [1.54, 1.807) is 22.6 Å². The number of halogens is 6. The largest absolute Gasteiger partial charge is 0.573 e. The standard InChI is InChI=1S/C7H2ClF4IO/c8-6-4(9)1-3(2-5(6)13)14-7(10,11)12/h1-2H. The summed E-state index contributed by atoms with van der Waals surface area (Å²) in [4.78, 5) is 0. The van der Waals surface area contributed by atoms with Crippen LogP contribution in [0.1, 0.15) is 0 Å². The summed E-state index contributed by atoms with van der Waals surface area (Å²) in [6.45, 7) is 0. The summed E-state index contributed by atoms with van der Waals surface area (Å²) in [5.74, 6) is -1.57. The second-order valence-electron chi connectivity index (χ2n) is 2.25. The van der Waals surface area contributed by atoms with Gasteiger partial charge >= 0.3 is 6.36 Å². The minimum absolute atomic E-state index is 0.156. The minimum atomic E-state index is -4.83. The van der Waals surface area contributed by atoms with Crippen molar-refractivity contribution >= 4 is 34.2 Å². The Morgan fingerprint density at radius 2 is 1.86 bits per heavy atom. The van der Waals surface area contributed by atoms with E-state index in [2.05, 4.69) is 4.74 Å². The van der Waals surface area contributed by atoms with E-state index in [4.69, 9.17) is 11.6 Å². The van der Waals surface area contributed by atoms with Crippen LogP contribution in [-0.4, -0.2) is 6.36 Å². The first kappa shape index (κ1) is 11.8. The molecule has 0 aliphatic rings. The molecule has 0 radical (unpaired) electrons. The van der Waals surface area contributed by atoms with Gasteiger partial charge in [-0.05, 0) is 28.7 Å². The second-order valence-corrected chi connectivity index (χ2v) is 3.79. The normalized spacial score (nSPS) is 11.6. The summed E-state index contributed by atoms with van der Waals surface area (Å²) in [6.07, 6.45) is -4.83. The molecule has 1 aromatic carbocycles. The lowest BCUT2D eigenvalue weighted by Gasteiger charge is -2.09. The van der Waals surface area contributed by atoms with Crippen LogP contribution in [0.25, 0.3) is 0 Å². The van der Waals surface area contributed by atoms with Gasteiger partial charge in [0.2, 0.25) is 0 Å². The number of hydrogen-bond donors (Lipinski definition) is 0. The fourth-order valence-electron chi connectivity index (χ4n) is 0.725. The molecule has 0 aromatic heterocycles. The molecular weight excluding hydrogens is 338 g/mol. The third-order valence-corrected chi connectivity index (χ3v) is 2.74. The SMILES string of the molecule is Fc1cc(OC(F)(F)F)cc(I)c1Cl. The smallest absolute Gasteiger partial charge is 0.406 e. The molecule has 0 saturated carbocycles. The highest BCUT2D eigenvalue weighted by atomic mass is 127. The van der Waals surface area contributed by atoms with Crippen LogP contribution in [-0.2, 0) is 0 Å². The van der Waals surface area contributed by atoms with E-state index in [9.17, 15) is 17.6 Å². The molecule has 1 nitrogen and oxygen atoms in total. The van der Waals surface area contributed by atoms with Gasteiger partial charge in [-0.1, -0.05) is 11.6 Å². The van der Waals surface area contributed by atoms with E-state index >= 15 is 0 Å². The van der Waals surface area contributed by atoms with Crippen LogP contribution < -0.4 is 4.74 Å². The Morgan fingerprint density at radius 1 is 1.29 bits per heavy atom. The van der Waals surface area contributed by atoms with Gasteiger partial charge < -0.3 is 4.74 Å². The topological polar surface area (TPSA) is 9.23 Å². The van der Waals surface area contributed by atoms with Crippen LogP contribution in [0, 0.1) is 9.39 Å². The molecular formula is C7H2ClF4IO. The third kappa shape index (κ3) is 3.16. The van der Waals surface area contributed by atoms with Gasteiger partial charge in [0.15, 0.2) is 0 Å². The quantitative estimate of drug-likeness (QED) is 0.427. The molecule has 0 aliphatic carbocycles. The summed E-state index contributed by atoms with van der Waals surface area (Å²) in [7, 11) is 0. The van der Waals surface area contributed by atoms with Gasteiger partial charge in [0, 0.05) is 9.64 Å². The summed E-state index contributed by atoms with van der Waals surface area (Å²) in [5.41, 5.74) is 0. The molecule has 0 spiro atoms. The molecule has 0 aliphatic heterocycles. The van der Waals surface area contributed by atoms with Crippen LogP contribution >= 0.6 is 34.2 Å². The molecule has 0 amide bonds. The Labute approximate surface area is 95.1 Å². The highest BCUT2D eigenvalue weighted by molar-refractivity contribution is 14.1. The fourth-order valence-corrected chi connectivity index (χ4v) is 1.40. The van der Waals surface area contributed by atoms with Crippen molar-refractivity contribution in [2.75, 3.05) is 0 Å². The lowest BCUT2D eigenvalue weighted by atomic mass is 10.3. The van der Waals surface area contributed by atoms with Crippen molar-refractivity contribution < 1.29 is 22.3 Å². The van der Waals surface area contributed by atoms with Gasteiger partial charge in [0.1, 0.15) is 11.6 Å². The molecule has 0 N–H and O–H groups in total. The molecule has 0 atom stereocenters. The van der Waals surface area contributed by atoms with E-state index in [-0.39, 0.29) is 8.59 Å². The number of ether oxygens (including phenoxy) is 1. The molecule has 0 bridgehead atoms. The maximum Gasteiger partial charge on any atom is 0.573 e. The van der Waals surface area contributed by atoms with Crippen molar-refractivity contribution in [3.63, 3.8) is 0 Å². The van der Waals surface area contributed by atoms with Gasteiger partial charge in [0.25, 0.3) is 0 Å². The second kappa shape index (κ2) is 4.09. The van der Waals surface area contributed by atoms with Crippen molar-refractivity contribution in [2.24, 2.45) is 0 Å². The van der Waals surface area contributed by atoms with E-state index in [1.807, 2.05) is 0 Å². The molecule has 1 aromatic rings. The van der Waals surface area contributed by atoms with Crippen molar-refractivity contribution in [1.29, 1.82) is 0 Å². The molecule has 0 fully saturated rings. The number of alkyl halides is 3. The maximum atomic E-state index is 12.8. The molecule has 1 rings (SSSR count). The highest BCUT2D eigenvalue weighted by Crippen LogP contribution is 2.30. The van der Waals surface area contributed by atoms with Crippen LogP contribution in [0.3, 0.4) is 0 Å². The van der Waals surface area contributed by atoms with Crippen LogP contribution in [0.15, 0.2) is 12.1 Å². The molecule has 0 saturated heterocycles. The fraction of sp³-hybridized carbons (Fsp3) is 0.143. The van der Waals surface area contributed by atoms with Crippen molar-refractivity contribution in [1.82, 2.24) is 0 Å². The first-order chi connectivity index (χ1) is 6.29. The lowest BCUT2D eigenvalue weighted by Crippen LogP contribution is -2.17. The predicted octanol–water partition coefficient (Wildman–Crippen LogP) is 3.98. The summed E-state index contributed by atoms with van der Waals surface area (Å²) in [6, 6.07) is 1.58.